The highest BCUT2D eigenvalue weighted by Gasteiger charge is 2.30. The second kappa shape index (κ2) is 8.66. The summed E-state index contributed by atoms with van der Waals surface area (Å²) in [6.45, 7) is 3.46. The fraction of sp³-hybridized carbons (Fsp3) is 0.391. The van der Waals surface area contributed by atoms with Crippen molar-refractivity contribution < 1.29 is 14.3 Å². The van der Waals surface area contributed by atoms with Crippen molar-refractivity contribution in [3.63, 3.8) is 0 Å². The predicted molar refractivity (Wildman–Crippen MR) is 113 cm³/mol. The number of ether oxygens (including phenoxy) is 1. The molecule has 2 aromatic carbocycles. The van der Waals surface area contributed by atoms with Crippen LogP contribution in [0.5, 0.6) is 0 Å². The summed E-state index contributed by atoms with van der Waals surface area (Å²) in [5.74, 6) is -0.159. The molecule has 6 nitrogen and oxygen atoms in total. The highest BCUT2D eigenvalue weighted by atomic mass is 16.5. The fourth-order valence-electron chi connectivity index (χ4n) is 4.14. The van der Waals surface area contributed by atoms with Gasteiger partial charge in [-0.15, -0.1) is 0 Å². The van der Waals surface area contributed by atoms with Gasteiger partial charge in [-0.2, -0.15) is 0 Å². The number of amides is 2. The Labute approximate surface area is 171 Å². The molecule has 2 atom stereocenters. The average Bonchev–Trinajstić information content (AvgIpc) is 3.37. The lowest BCUT2D eigenvalue weighted by atomic mass is 10.1. The maximum Gasteiger partial charge on any atom is 0.253 e. The Hall–Kier alpha value is -2.86. The van der Waals surface area contributed by atoms with Crippen LogP contribution in [0.15, 0.2) is 48.5 Å². The minimum absolute atomic E-state index is 0.00276. The molecule has 6 heteroatoms. The largest absolute Gasteiger partial charge is 0.376 e. The summed E-state index contributed by atoms with van der Waals surface area (Å²) in [5, 5.41) is 6.11. The third-order valence-corrected chi connectivity index (χ3v) is 5.59. The summed E-state index contributed by atoms with van der Waals surface area (Å²) >= 11 is 0. The number of hydrogen-bond acceptors (Lipinski definition) is 4. The minimum atomic E-state index is -0.157. The van der Waals surface area contributed by atoms with Crippen molar-refractivity contribution in [2.45, 2.75) is 38.3 Å². The minimum Gasteiger partial charge on any atom is -0.376 e. The van der Waals surface area contributed by atoms with Gasteiger partial charge in [0, 0.05) is 30.6 Å². The molecule has 0 aromatic heterocycles. The molecule has 0 unspecified atom stereocenters. The Bertz CT molecular complexity index is 892. The number of nitrogens with zero attached hydrogens (tertiary/aromatic N) is 1. The van der Waals surface area contributed by atoms with Crippen LogP contribution in [0.25, 0.3) is 0 Å². The van der Waals surface area contributed by atoms with Crippen molar-refractivity contribution in [1.82, 2.24) is 5.32 Å². The lowest BCUT2D eigenvalue weighted by Gasteiger charge is -2.23. The van der Waals surface area contributed by atoms with Crippen LogP contribution in [0.1, 0.15) is 35.7 Å². The molecule has 152 valence electrons. The third kappa shape index (κ3) is 4.27. The molecule has 0 spiro atoms. The number of para-hydroxylation sites is 2. The van der Waals surface area contributed by atoms with Crippen LogP contribution in [0.4, 0.5) is 11.4 Å². The third-order valence-electron chi connectivity index (χ3n) is 5.59. The van der Waals surface area contributed by atoms with E-state index in [1.54, 1.807) is 6.07 Å². The van der Waals surface area contributed by atoms with Gasteiger partial charge >= 0.3 is 0 Å². The van der Waals surface area contributed by atoms with Gasteiger partial charge in [0.2, 0.25) is 5.91 Å². The number of benzene rings is 2. The molecule has 1 fully saturated rings. The number of hydrogen-bond donors (Lipinski definition) is 2. The number of carbonyl (C=O) groups excluding carboxylic acids is 2. The molecule has 2 aromatic rings. The molecule has 4 rings (SSSR count). The Morgan fingerprint density at radius 3 is 2.76 bits per heavy atom. The summed E-state index contributed by atoms with van der Waals surface area (Å²) in [7, 11) is 0. The van der Waals surface area contributed by atoms with E-state index in [0.29, 0.717) is 17.8 Å². The van der Waals surface area contributed by atoms with Crippen LogP contribution in [0.3, 0.4) is 0 Å². The molecule has 1 saturated heterocycles. The molecule has 0 aliphatic carbocycles. The predicted octanol–water partition coefficient (Wildman–Crippen LogP) is 2.99. The monoisotopic (exact) mass is 393 g/mol. The van der Waals surface area contributed by atoms with Gasteiger partial charge in [0.05, 0.1) is 18.2 Å². The second-order valence-corrected chi connectivity index (χ2v) is 7.69. The molecule has 2 N–H and O–H groups in total. The topological polar surface area (TPSA) is 70.7 Å². The molecule has 0 radical (unpaired) electrons. The molecule has 2 amide bonds. The lowest BCUT2D eigenvalue weighted by Crippen LogP contribution is -2.39. The van der Waals surface area contributed by atoms with E-state index < -0.39 is 0 Å². The van der Waals surface area contributed by atoms with Crippen LogP contribution in [0.2, 0.25) is 0 Å². The maximum atomic E-state index is 12.9. The van der Waals surface area contributed by atoms with E-state index in [-0.39, 0.29) is 30.5 Å². The van der Waals surface area contributed by atoms with Crippen molar-refractivity contribution in [1.29, 1.82) is 0 Å². The fourth-order valence-corrected chi connectivity index (χ4v) is 4.14. The van der Waals surface area contributed by atoms with Crippen LogP contribution in [-0.4, -0.2) is 43.7 Å². The van der Waals surface area contributed by atoms with Crippen molar-refractivity contribution in [2.24, 2.45) is 0 Å². The van der Waals surface area contributed by atoms with E-state index in [1.807, 2.05) is 41.3 Å². The van der Waals surface area contributed by atoms with Gasteiger partial charge in [0.15, 0.2) is 0 Å². The molecule has 0 saturated carbocycles. The average molecular weight is 393 g/mol. The Morgan fingerprint density at radius 2 is 1.93 bits per heavy atom. The number of rotatable bonds is 6. The van der Waals surface area contributed by atoms with Gasteiger partial charge in [0.25, 0.3) is 5.91 Å². The van der Waals surface area contributed by atoms with E-state index in [9.17, 15) is 9.59 Å². The van der Waals surface area contributed by atoms with Gasteiger partial charge in [0.1, 0.15) is 0 Å². The first-order valence-corrected chi connectivity index (χ1v) is 10.3. The van der Waals surface area contributed by atoms with Crippen molar-refractivity contribution in [3.05, 3.63) is 59.7 Å². The first-order chi connectivity index (χ1) is 14.1. The number of nitrogens with one attached hydrogen (secondary N) is 2. The van der Waals surface area contributed by atoms with Crippen LogP contribution < -0.4 is 15.5 Å². The first-order valence-electron chi connectivity index (χ1n) is 10.3. The van der Waals surface area contributed by atoms with Gasteiger partial charge in [-0.05, 0) is 49.9 Å². The smallest absolute Gasteiger partial charge is 0.253 e. The molecule has 2 heterocycles. The highest BCUT2D eigenvalue weighted by molar-refractivity contribution is 6.02. The van der Waals surface area contributed by atoms with Gasteiger partial charge in [-0.1, -0.05) is 30.3 Å². The summed E-state index contributed by atoms with van der Waals surface area (Å²) < 4.78 is 5.56. The zero-order chi connectivity index (χ0) is 20.2. The van der Waals surface area contributed by atoms with Crippen molar-refractivity contribution in [3.8, 4) is 0 Å². The standard InChI is InChI=1S/C23H27N3O3/c1-16-13-17-7-2-5-11-21(17)26(16)22(27)15-24-20-10-4-3-9-19(20)23(28)25-14-18-8-6-12-29-18/h2-5,7,9-11,16,18,24H,6,8,12-15H2,1H3,(H,25,28)/t16-,18-/m1/s1. The van der Waals surface area contributed by atoms with E-state index in [2.05, 4.69) is 23.6 Å². The summed E-state index contributed by atoms with van der Waals surface area (Å²) in [5.41, 5.74) is 3.37. The van der Waals surface area contributed by atoms with E-state index in [0.717, 1.165) is 31.6 Å². The zero-order valence-corrected chi connectivity index (χ0v) is 16.7. The lowest BCUT2D eigenvalue weighted by molar-refractivity contribution is -0.117. The van der Waals surface area contributed by atoms with Gasteiger partial charge in [-0.25, -0.2) is 0 Å². The van der Waals surface area contributed by atoms with Crippen LogP contribution in [-0.2, 0) is 16.0 Å². The van der Waals surface area contributed by atoms with Crippen molar-refractivity contribution in [2.75, 3.05) is 29.9 Å². The quantitative estimate of drug-likeness (QED) is 0.792. The molecular formula is C23H27N3O3. The molecule has 29 heavy (non-hydrogen) atoms. The summed E-state index contributed by atoms with van der Waals surface area (Å²) in [4.78, 5) is 27.4. The number of anilines is 2. The summed E-state index contributed by atoms with van der Waals surface area (Å²) in [6.07, 6.45) is 2.98. The second-order valence-electron chi connectivity index (χ2n) is 7.69. The van der Waals surface area contributed by atoms with Crippen LogP contribution in [0, 0.1) is 0 Å². The van der Waals surface area contributed by atoms with E-state index >= 15 is 0 Å². The Morgan fingerprint density at radius 1 is 1.14 bits per heavy atom. The Kier molecular flexibility index (Phi) is 5.81. The zero-order valence-electron chi connectivity index (χ0n) is 16.7. The van der Waals surface area contributed by atoms with E-state index in [4.69, 9.17) is 4.74 Å². The molecule has 2 aliphatic rings. The maximum absolute atomic E-state index is 12.9. The van der Waals surface area contributed by atoms with Gasteiger partial charge < -0.3 is 20.3 Å². The molecule has 2 aliphatic heterocycles. The SMILES string of the molecule is C[C@@H]1Cc2ccccc2N1C(=O)CNc1ccccc1C(=O)NC[C@H]1CCCO1. The summed E-state index contributed by atoms with van der Waals surface area (Å²) in [6, 6.07) is 15.4. The van der Waals surface area contributed by atoms with Crippen LogP contribution >= 0.6 is 0 Å². The normalized spacial score (nSPS) is 20.4. The highest BCUT2D eigenvalue weighted by Crippen LogP contribution is 2.31. The number of fused-ring (bicyclic) bond motifs is 1. The van der Waals surface area contributed by atoms with Gasteiger partial charge in [-0.3, -0.25) is 9.59 Å². The number of carbonyl (C=O) groups is 2. The molecular weight excluding hydrogens is 366 g/mol. The van der Waals surface area contributed by atoms with Crippen molar-refractivity contribution >= 4 is 23.2 Å². The first kappa shape index (κ1) is 19.5. The molecule has 0 bridgehead atoms. The Balaban J connectivity index is 1.40. The van der Waals surface area contributed by atoms with E-state index in [1.165, 1.54) is 5.56 Å².